The van der Waals surface area contributed by atoms with E-state index in [9.17, 15) is 5.11 Å². The second kappa shape index (κ2) is 5.99. The summed E-state index contributed by atoms with van der Waals surface area (Å²) in [5.41, 5.74) is 0.376. The number of aliphatic hydroxyl groups excluding tert-OH is 1. The Morgan fingerprint density at radius 3 is 2.25 bits per heavy atom. The van der Waals surface area contributed by atoms with E-state index in [1.54, 1.807) is 0 Å². The lowest BCUT2D eigenvalue weighted by molar-refractivity contribution is 0.0139. The maximum Gasteiger partial charge on any atom is 0.0666 e. The Bertz CT molecular complexity index is 202. The van der Waals surface area contributed by atoms with E-state index >= 15 is 0 Å². The van der Waals surface area contributed by atoms with Gasteiger partial charge in [0.25, 0.3) is 0 Å². The number of hydrogen-bond donors (Lipinski definition) is 1. The number of rotatable bonds is 7. The number of likely N-dealkylation sites (N-methyl/N-ethyl adjacent to an activating group) is 2. The van der Waals surface area contributed by atoms with Crippen molar-refractivity contribution in [1.29, 1.82) is 0 Å². The van der Waals surface area contributed by atoms with Gasteiger partial charge in [0.05, 0.1) is 6.10 Å². The van der Waals surface area contributed by atoms with Gasteiger partial charge >= 0.3 is 0 Å². The molecule has 96 valence electrons. The molecule has 1 saturated carbocycles. The smallest absolute Gasteiger partial charge is 0.0666 e. The van der Waals surface area contributed by atoms with Crippen molar-refractivity contribution in [3.8, 4) is 0 Å². The van der Waals surface area contributed by atoms with Gasteiger partial charge in [0.1, 0.15) is 0 Å². The molecule has 16 heavy (non-hydrogen) atoms. The fourth-order valence-corrected chi connectivity index (χ4v) is 2.68. The Kier molecular flexibility index (Phi) is 5.22. The molecule has 0 heterocycles. The molecular weight excluding hydrogens is 200 g/mol. The van der Waals surface area contributed by atoms with Gasteiger partial charge < -0.3 is 14.9 Å². The summed E-state index contributed by atoms with van der Waals surface area (Å²) in [4.78, 5) is 4.65. The summed E-state index contributed by atoms with van der Waals surface area (Å²) in [6.45, 7) is 4.01. The molecule has 0 saturated heterocycles. The summed E-state index contributed by atoms with van der Waals surface area (Å²) >= 11 is 0. The molecule has 3 nitrogen and oxygen atoms in total. The fourth-order valence-electron chi connectivity index (χ4n) is 2.68. The number of hydrogen-bond acceptors (Lipinski definition) is 3. The lowest BCUT2D eigenvalue weighted by Gasteiger charge is -2.49. The van der Waals surface area contributed by atoms with Crippen molar-refractivity contribution in [2.75, 3.05) is 34.2 Å². The van der Waals surface area contributed by atoms with E-state index in [0.29, 0.717) is 5.54 Å². The van der Waals surface area contributed by atoms with Crippen molar-refractivity contribution in [3.63, 3.8) is 0 Å². The van der Waals surface area contributed by atoms with Crippen LogP contribution in [0.25, 0.3) is 0 Å². The van der Waals surface area contributed by atoms with Gasteiger partial charge in [-0.25, -0.2) is 0 Å². The van der Waals surface area contributed by atoms with Crippen LogP contribution >= 0.6 is 0 Å². The third-order valence-electron chi connectivity index (χ3n) is 3.94. The first-order valence-corrected chi connectivity index (χ1v) is 6.54. The van der Waals surface area contributed by atoms with Crippen molar-refractivity contribution in [2.24, 2.45) is 0 Å². The Labute approximate surface area is 100 Å². The molecule has 0 bridgehead atoms. The normalized spacial score (nSPS) is 21.2. The zero-order valence-corrected chi connectivity index (χ0v) is 11.4. The molecule has 0 aliphatic heterocycles. The highest BCUT2D eigenvalue weighted by Gasteiger charge is 2.39. The van der Waals surface area contributed by atoms with E-state index in [2.05, 4.69) is 37.9 Å². The van der Waals surface area contributed by atoms with Crippen LogP contribution in [0, 0.1) is 0 Å². The fraction of sp³-hybridized carbons (Fsp3) is 1.00. The summed E-state index contributed by atoms with van der Waals surface area (Å²) in [6, 6.07) is 0. The second-order valence-corrected chi connectivity index (χ2v) is 5.61. The second-order valence-electron chi connectivity index (χ2n) is 5.61. The van der Waals surface area contributed by atoms with Crippen LogP contribution in [0.15, 0.2) is 0 Å². The van der Waals surface area contributed by atoms with Gasteiger partial charge in [-0.05, 0) is 46.8 Å². The first-order valence-electron chi connectivity index (χ1n) is 6.54. The predicted molar refractivity (Wildman–Crippen MR) is 68.7 cm³/mol. The molecule has 1 unspecified atom stereocenters. The first kappa shape index (κ1) is 13.9. The number of nitrogens with zero attached hydrogens (tertiary/aromatic N) is 2. The van der Waals surface area contributed by atoms with Crippen LogP contribution in [0.3, 0.4) is 0 Å². The van der Waals surface area contributed by atoms with Gasteiger partial charge in [-0.1, -0.05) is 13.3 Å². The van der Waals surface area contributed by atoms with E-state index < -0.39 is 0 Å². The quantitative estimate of drug-likeness (QED) is 0.716. The van der Waals surface area contributed by atoms with E-state index in [4.69, 9.17) is 0 Å². The highest BCUT2D eigenvalue weighted by molar-refractivity contribution is 4.97. The van der Waals surface area contributed by atoms with Crippen LogP contribution < -0.4 is 0 Å². The van der Waals surface area contributed by atoms with Crippen molar-refractivity contribution >= 4 is 0 Å². The van der Waals surface area contributed by atoms with E-state index in [0.717, 1.165) is 25.9 Å². The van der Waals surface area contributed by atoms with Crippen LogP contribution in [0.2, 0.25) is 0 Å². The summed E-state index contributed by atoms with van der Waals surface area (Å²) in [5, 5.41) is 9.79. The van der Waals surface area contributed by atoms with E-state index in [1.165, 1.54) is 19.3 Å². The lowest BCUT2D eigenvalue weighted by Crippen LogP contribution is -2.57. The minimum Gasteiger partial charge on any atom is -0.392 e. The van der Waals surface area contributed by atoms with E-state index in [1.807, 2.05) is 0 Å². The average molecular weight is 228 g/mol. The highest BCUT2D eigenvalue weighted by Crippen LogP contribution is 2.36. The van der Waals surface area contributed by atoms with Crippen molar-refractivity contribution in [2.45, 2.75) is 50.7 Å². The zero-order valence-electron chi connectivity index (χ0n) is 11.4. The molecule has 1 aliphatic carbocycles. The molecule has 1 fully saturated rings. The Hall–Kier alpha value is -0.120. The Morgan fingerprint density at radius 2 is 1.88 bits per heavy atom. The summed E-state index contributed by atoms with van der Waals surface area (Å²) in [5.74, 6) is 0. The van der Waals surface area contributed by atoms with Gasteiger partial charge in [-0.3, -0.25) is 0 Å². The van der Waals surface area contributed by atoms with Crippen LogP contribution in [0.4, 0.5) is 0 Å². The largest absolute Gasteiger partial charge is 0.392 e. The van der Waals surface area contributed by atoms with Gasteiger partial charge in [-0.2, -0.15) is 0 Å². The maximum absolute atomic E-state index is 9.79. The van der Waals surface area contributed by atoms with Gasteiger partial charge in [-0.15, -0.1) is 0 Å². The third kappa shape index (κ3) is 3.44. The first-order chi connectivity index (χ1) is 7.50. The topological polar surface area (TPSA) is 26.7 Å². The molecular formula is C13H28N2O. The predicted octanol–water partition coefficient (Wildman–Crippen LogP) is 1.56. The molecule has 1 N–H and O–H groups in total. The molecule has 0 radical (unpaired) electrons. The Balaban J connectivity index is 2.35. The Morgan fingerprint density at radius 1 is 1.25 bits per heavy atom. The van der Waals surface area contributed by atoms with Crippen LogP contribution in [-0.4, -0.2) is 60.8 Å². The third-order valence-corrected chi connectivity index (χ3v) is 3.94. The average Bonchev–Trinajstić information content (AvgIpc) is 2.10. The van der Waals surface area contributed by atoms with Crippen molar-refractivity contribution < 1.29 is 5.11 Å². The molecule has 0 aromatic rings. The van der Waals surface area contributed by atoms with Gasteiger partial charge in [0.2, 0.25) is 0 Å². The molecule has 0 aromatic carbocycles. The van der Waals surface area contributed by atoms with Crippen molar-refractivity contribution in [3.05, 3.63) is 0 Å². The SMILES string of the molecule is CCCC(O)CN(C)CC1(N(C)C)CCC1. The molecule has 3 heteroatoms. The monoisotopic (exact) mass is 228 g/mol. The maximum atomic E-state index is 9.79. The summed E-state index contributed by atoms with van der Waals surface area (Å²) < 4.78 is 0. The lowest BCUT2D eigenvalue weighted by atomic mass is 9.75. The standard InChI is InChI=1S/C13H28N2O/c1-5-7-12(16)10-15(4)11-13(14(2)3)8-6-9-13/h12,16H,5-11H2,1-4H3. The number of aliphatic hydroxyl groups is 1. The molecule has 1 atom stereocenters. The molecule has 0 amide bonds. The van der Waals surface area contributed by atoms with Crippen molar-refractivity contribution in [1.82, 2.24) is 9.80 Å². The zero-order chi connectivity index (χ0) is 12.2. The minimum atomic E-state index is -0.158. The minimum absolute atomic E-state index is 0.158. The van der Waals surface area contributed by atoms with Gasteiger partial charge in [0, 0.05) is 18.6 Å². The summed E-state index contributed by atoms with van der Waals surface area (Å²) in [7, 11) is 6.48. The summed E-state index contributed by atoms with van der Waals surface area (Å²) in [6.07, 6.45) is 5.77. The molecule has 1 rings (SSSR count). The molecule has 0 spiro atoms. The molecule has 1 aliphatic rings. The van der Waals surface area contributed by atoms with Crippen LogP contribution in [0.5, 0.6) is 0 Å². The van der Waals surface area contributed by atoms with Crippen LogP contribution in [0.1, 0.15) is 39.0 Å². The highest BCUT2D eigenvalue weighted by atomic mass is 16.3. The molecule has 0 aromatic heterocycles. The van der Waals surface area contributed by atoms with E-state index in [-0.39, 0.29) is 6.10 Å². The van der Waals surface area contributed by atoms with Gasteiger partial charge in [0.15, 0.2) is 0 Å². The van der Waals surface area contributed by atoms with Crippen LogP contribution in [-0.2, 0) is 0 Å².